The lowest BCUT2D eigenvalue weighted by Gasteiger charge is -2.48. The second kappa shape index (κ2) is 3.89. The molecule has 2 aliphatic carbocycles. The van der Waals surface area contributed by atoms with Gasteiger partial charge in [0.05, 0.1) is 5.60 Å². The van der Waals surface area contributed by atoms with Crippen molar-refractivity contribution >= 4 is 11.6 Å². The molecule has 0 amide bonds. The smallest absolute Gasteiger partial charge is 0.0862 e. The number of hydrogen-bond donors (Lipinski definition) is 1. The Morgan fingerprint density at radius 3 is 2.94 bits per heavy atom. The Balaban J connectivity index is 2.42. The lowest BCUT2D eigenvalue weighted by atomic mass is 9.59. The van der Waals surface area contributed by atoms with Crippen LogP contribution in [0.2, 0.25) is 0 Å². The molecular weight excluding hydrogens is 220 g/mol. The van der Waals surface area contributed by atoms with Gasteiger partial charge < -0.3 is 5.11 Å². The maximum Gasteiger partial charge on any atom is 0.0862 e. The van der Waals surface area contributed by atoms with Gasteiger partial charge in [-0.15, -0.1) is 11.6 Å². The van der Waals surface area contributed by atoms with E-state index in [4.69, 9.17) is 11.6 Å². The lowest BCUT2D eigenvalue weighted by Crippen LogP contribution is -2.46. The number of alkyl halides is 1. The van der Waals surface area contributed by atoms with Gasteiger partial charge >= 0.3 is 0 Å². The number of halogens is 1. The summed E-state index contributed by atoms with van der Waals surface area (Å²) < 4.78 is 0. The van der Waals surface area contributed by atoms with Gasteiger partial charge in [-0.3, -0.25) is 0 Å². The summed E-state index contributed by atoms with van der Waals surface area (Å²) in [6.07, 6.45) is 6.50. The van der Waals surface area contributed by atoms with Crippen LogP contribution in [0.25, 0.3) is 0 Å². The summed E-state index contributed by atoms with van der Waals surface area (Å²) in [7, 11) is 0. The van der Waals surface area contributed by atoms with E-state index in [1.807, 2.05) is 6.92 Å². The van der Waals surface area contributed by atoms with Crippen molar-refractivity contribution in [2.24, 2.45) is 11.3 Å². The lowest BCUT2D eigenvalue weighted by molar-refractivity contribution is -0.00385. The molecule has 0 radical (unpaired) electrons. The van der Waals surface area contributed by atoms with Crippen molar-refractivity contribution in [1.82, 2.24) is 0 Å². The quantitative estimate of drug-likeness (QED) is 0.577. The molecule has 1 fully saturated rings. The van der Waals surface area contributed by atoms with E-state index in [-0.39, 0.29) is 5.41 Å². The van der Waals surface area contributed by atoms with Gasteiger partial charge in [-0.2, -0.15) is 0 Å². The first-order valence-corrected chi connectivity index (χ1v) is 6.66. The summed E-state index contributed by atoms with van der Waals surface area (Å²) >= 11 is 5.97. The van der Waals surface area contributed by atoms with E-state index in [1.54, 1.807) is 0 Å². The first kappa shape index (κ1) is 12.2. The van der Waals surface area contributed by atoms with E-state index in [9.17, 15) is 5.11 Å². The molecule has 0 aromatic heterocycles. The average Bonchev–Trinajstić information content (AvgIpc) is 2.69. The van der Waals surface area contributed by atoms with Crippen LogP contribution in [-0.4, -0.2) is 16.6 Å². The number of rotatable bonds is 2. The Hall–Kier alpha value is -0.270. The van der Waals surface area contributed by atoms with Crippen LogP contribution >= 0.6 is 11.6 Å². The van der Waals surface area contributed by atoms with Gasteiger partial charge in [-0.25, -0.2) is 0 Å². The molecule has 0 aromatic rings. The second-order valence-corrected chi connectivity index (χ2v) is 5.83. The zero-order chi connectivity index (χ0) is 12.0. The third-order valence-corrected chi connectivity index (χ3v) is 5.10. The van der Waals surface area contributed by atoms with Gasteiger partial charge in [0.1, 0.15) is 0 Å². The molecule has 2 aliphatic rings. The van der Waals surface area contributed by atoms with Crippen LogP contribution in [0, 0.1) is 11.3 Å². The molecule has 2 rings (SSSR count). The Bertz CT molecular complexity index is 343. The van der Waals surface area contributed by atoms with Crippen molar-refractivity contribution in [2.75, 3.05) is 5.88 Å². The summed E-state index contributed by atoms with van der Waals surface area (Å²) in [5, 5.41) is 10.7. The molecule has 0 bridgehead atoms. The van der Waals surface area contributed by atoms with Crippen LogP contribution in [0.15, 0.2) is 23.8 Å². The topological polar surface area (TPSA) is 20.2 Å². The largest absolute Gasteiger partial charge is 0.385 e. The maximum atomic E-state index is 10.7. The fourth-order valence-electron chi connectivity index (χ4n) is 3.42. The number of hydrogen-bond acceptors (Lipinski definition) is 1. The molecule has 0 heterocycles. The summed E-state index contributed by atoms with van der Waals surface area (Å²) in [6, 6.07) is 0. The van der Waals surface area contributed by atoms with Crippen molar-refractivity contribution in [3.8, 4) is 0 Å². The van der Waals surface area contributed by atoms with Crippen molar-refractivity contribution < 1.29 is 5.11 Å². The Labute approximate surface area is 103 Å². The third kappa shape index (κ3) is 1.48. The van der Waals surface area contributed by atoms with Gasteiger partial charge in [0.25, 0.3) is 0 Å². The Morgan fingerprint density at radius 2 is 2.31 bits per heavy atom. The average molecular weight is 241 g/mol. The van der Waals surface area contributed by atoms with E-state index in [2.05, 4.69) is 19.6 Å². The van der Waals surface area contributed by atoms with Crippen molar-refractivity contribution in [3.05, 3.63) is 23.8 Å². The zero-order valence-electron chi connectivity index (χ0n) is 10.2. The molecule has 16 heavy (non-hydrogen) atoms. The summed E-state index contributed by atoms with van der Waals surface area (Å²) in [5.74, 6) is 0.829. The van der Waals surface area contributed by atoms with Gasteiger partial charge in [-0.1, -0.05) is 25.2 Å². The molecule has 1 nitrogen and oxygen atoms in total. The minimum atomic E-state index is -0.677. The normalized spacial score (nSPS) is 42.8. The van der Waals surface area contributed by atoms with Crippen molar-refractivity contribution in [1.29, 1.82) is 0 Å². The van der Waals surface area contributed by atoms with Crippen molar-refractivity contribution in [2.45, 2.75) is 45.1 Å². The minimum absolute atomic E-state index is 0.00222. The number of aliphatic hydroxyl groups is 1. The molecule has 3 atom stereocenters. The van der Waals surface area contributed by atoms with E-state index < -0.39 is 5.60 Å². The second-order valence-electron chi connectivity index (χ2n) is 5.56. The van der Waals surface area contributed by atoms with E-state index in [0.29, 0.717) is 11.8 Å². The molecule has 0 saturated heterocycles. The fourth-order valence-corrected chi connectivity index (χ4v) is 3.68. The highest BCUT2D eigenvalue weighted by Gasteiger charge is 2.51. The van der Waals surface area contributed by atoms with E-state index in [0.717, 1.165) is 31.3 Å². The van der Waals surface area contributed by atoms with Crippen LogP contribution < -0.4 is 0 Å². The molecule has 0 aliphatic heterocycles. The minimum Gasteiger partial charge on any atom is -0.385 e. The van der Waals surface area contributed by atoms with Crippen molar-refractivity contribution in [3.63, 3.8) is 0 Å². The first-order chi connectivity index (χ1) is 7.45. The van der Waals surface area contributed by atoms with E-state index >= 15 is 0 Å². The zero-order valence-corrected chi connectivity index (χ0v) is 11.0. The van der Waals surface area contributed by atoms with Gasteiger partial charge in [-0.05, 0) is 44.1 Å². The number of fused-ring (bicyclic) bond motifs is 1. The number of allylic oxidation sites excluding steroid dienone is 2. The summed E-state index contributed by atoms with van der Waals surface area (Å²) in [4.78, 5) is 0. The molecule has 0 spiro atoms. The Kier molecular flexibility index (Phi) is 2.96. The highest BCUT2D eigenvalue weighted by molar-refractivity contribution is 6.19. The fraction of sp³-hybridized carbons (Fsp3) is 0.714. The molecule has 1 N–H and O–H groups in total. The van der Waals surface area contributed by atoms with Crippen LogP contribution in [0.3, 0.4) is 0 Å². The third-order valence-electron chi connectivity index (χ3n) is 4.78. The molecule has 1 unspecified atom stereocenters. The monoisotopic (exact) mass is 240 g/mol. The predicted octanol–water partition coefficient (Wildman–Crippen LogP) is 3.67. The SMILES string of the molecule is C=C(CCl)[C@]12CCC=C1C(C)(O)[C@H](C)CC2. The van der Waals surface area contributed by atoms with Gasteiger partial charge in [0.15, 0.2) is 0 Å². The summed E-state index contributed by atoms with van der Waals surface area (Å²) in [5.41, 5.74) is 1.59. The van der Waals surface area contributed by atoms with Crippen LogP contribution in [0.1, 0.15) is 39.5 Å². The van der Waals surface area contributed by atoms with Crippen LogP contribution in [0.4, 0.5) is 0 Å². The van der Waals surface area contributed by atoms with Crippen LogP contribution in [0.5, 0.6) is 0 Å². The van der Waals surface area contributed by atoms with E-state index in [1.165, 1.54) is 5.57 Å². The molecule has 90 valence electrons. The molecular formula is C14H21ClO. The highest BCUT2D eigenvalue weighted by atomic mass is 35.5. The maximum absolute atomic E-state index is 10.7. The summed E-state index contributed by atoms with van der Waals surface area (Å²) in [6.45, 7) is 8.22. The highest BCUT2D eigenvalue weighted by Crippen LogP contribution is 2.58. The standard InChI is InChI=1S/C14H21ClO/c1-10-6-8-14(11(2)9-15)7-4-5-12(14)13(10,3)16/h5,10,16H,2,4,6-9H2,1,3H3/t10-,13?,14-/m1/s1. The van der Waals surface area contributed by atoms with Gasteiger partial charge in [0.2, 0.25) is 0 Å². The Morgan fingerprint density at radius 1 is 1.62 bits per heavy atom. The predicted molar refractivity (Wildman–Crippen MR) is 68.6 cm³/mol. The first-order valence-electron chi connectivity index (χ1n) is 6.13. The van der Waals surface area contributed by atoms with Gasteiger partial charge in [0, 0.05) is 11.3 Å². The molecule has 2 heteroatoms. The molecule has 0 aromatic carbocycles. The molecule has 1 saturated carbocycles. The van der Waals surface area contributed by atoms with Crippen LogP contribution in [-0.2, 0) is 0 Å².